The van der Waals surface area contributed by atoms with Crippen LogP contribution in [0.25, 0.3) is 0 Å². The molecule has 8 heteroatoms. The second kappa shape index (κ2) is 9.96. The molecule has 162 valence electrons. The van der Waals surface area contributed by atoms with Crippen LogP contribution in [0.5, 0.6) is 5.75 Å². The molecule has 0 saturated carbocycles. The van der Waals surface area contributed by atoms with E-state index in [4.69, 9.17) is 16.3 Å². The number of nitrogens with zero attached hydrogens (tertiary/aromatic N) is 1. The van der Waals surface area contributed by atoms with E-state index in [2.05, 4.69) is 5.32 Å². The second-order valence-electron chi connectivity index (χ2n) is 6.99. The van der Waals surface area contributed by atoms with Crippen molar-refractivity contribution < 1.29 is 17.9 Å². The maximum absolute atomic E-state index is 13.3. The molecule has 3 rings (SSSR count). The Balaban J connectivity index is 1.86. The number of hydrogen-bond donors (Lipinski definition) is 1. The number of hydrogen-bond acceptors (Lipinski definition) is 4. The molecule has 0 aromatic heterocycles. The normalized spacial score (nSPS) is 11.4. The van der Waals surface area contributed by atoms with Crippen molar-refractivity contribution in [1.82, 2.24) is 4.31 Å². The number of rotatable bonds is 8. The zero-order valence-corrected chi connectivity index (χ0v) is 18.8. The van der Waals surface area contributed by atoms with Gasteiger partial charge in [-0.1, -0.05) is 47.5 Å². The molecule has 0 aliphatic rings. The molecule has 0 unspecified atom stereocenters. The molecule has 3 aromatic rings. The molecule has 0 bridgehead atoms. The Morgan fingerprint density at radius 2 is 1.71 bits per heavy atom. The van der Waals surface area contributed by atoms with Gasteiger partial charge in [0.1, 0.15) is 5.75 Å². The summed E-state index contributed by atoms with van der Waals surface area (Å²) >= 11 is 5.90. The van der Waals surface area contributed by atoms with Gasteiger partial charge < -0.3 is 10.1 Å². The molecule has 0 atom stereocenters. The van der Waals surface area contributed by atoms with E-state index in [1.807, 2.05) is 31.2 Å². The number of ether oxygens (including phenoxy) is 1. The first-order chi connectivity index (χ1) is 14.8. The Morgan fingerprint density at radius 1 is 1.03 bits per heavy atom. The number of carbonyl (C=O) groups is 1. The van der Waals surface area contributed by atoms with Crippen molar-refractivity contribution in [2.45, 2.75) is 18.4 Å². The summed E-state index contributed by atoms with van der Waals surface area (Å²) in [6, 6.07) is 20.2. The Labute approximate surface area is 187 Å². The number of halogens is 1. The first kappa shape index (κ1) is 22.8. The van der Waals surface area contributed by atoms with E-state index in [1.54, 1.807) is 24.3 Å². The van der Waals surface area contributed by atoms with Crippen LogP contribution in [-0.4, -0.2) is 32.3 Å². The predicted molar refractivity (Wildman–Crippen MR) is 122 cm³/mol. The number of sulfonamides is 1. The minimum absolute atomic E-state index is 0.0524. The van der Waals surface area contributed by atoms with E-state index in [-0.39, 0.29) is 18.0 Å². The monoisotopic (exact) mass is 458 g/mol. The summed E-state index contributed by atoms with van der Waals surface area (Å²) in [7, 11) is -2.41. The summed E-state index contributed by atoms with van der Waals surface area (Å²) in [5.74, 6) is 0.126. The maximum Gasteiger partial charge on any atom is 0.243 e. The summed E-state index contributed by atoms with van der Waals surface area (Å²) < 4.78 is 32.9. The van der Waals surface area contributed by atoms with Gasteiger partial charge in [-0.15, -0.1) is 0 Å². The van der Waals surface area contributed by atoms with Gasteiger partial charge in [0.2, 0.25) is 15.9 Å². The zero-order valence-electron chi connectivity index (χ0n) is 17.2. The molecule has 0 radical (unpaired) electrons. The highest BCUT2D eigenvalue weighted by Crippen LogP contribution is 2.22. The van der Waals surface area contributed by atoms with Gasteiger partial charge in [0, 0.05) is 23.3 Å². The maximum atomic E-state index is 13.3. The van der Waals surface area contributed by atoms with Gasteiger partial charge in [0.15, 0.2) is 0 Å². The van der Waals surface area contributed by atoms with Gasteiger partial charge in [-0.05, 0) is 48.9 Å². The van der Waals surface area contributed by atoms with Crippen molar-refractivity contribution >= 4 is 33.2 Å². The van der Waals surface area contributed by atoms with Crippen molar-refractivity contribution in [2.24, 2.45) is 0 Å². The van der Waals surface area contributed by atoms with Crippen LogP contribution in [0.1, 0.15) is 11.1 Å². The van der Waals surface area contributed by atoms with Crippen LogP contribution in [0.15, 0.2) is 77.7 Å². The third-order valence-electron chi connectivity index (χ3n) is 4.60. The van der Waals surface area contributed by atoms with Crippen LogP contribution >= 0.6 is 11.6 Å². The molecule has 0 heterocycles. The van der Waals surface area contributed by atoms with Crippen LogP contribution in [0.3, 0.4) is 0 Å². The lowest BCUT2D eigenvalue weighted by atomic mass is 10.1. The average Bonchev–Trinajstić information content (AvgIpc) is 2.75. The molecular formula is C23H23ClN2O4S. The van der Waals surface area contributed by atoms with Crippen LogP contribution in [0, 0.1) is 6.92 Å². The summed E-state index contributed by atoms with van der Waals surface area (Å²) in [6.45, 7) is 1.65. The fraction of sp³-hybridized carbons (Fsp3) is 0.174. The van der Waals surface area contributed by atoms with Gasteiger partial charge in [-0.3, -0.25) is 4.79 Å². The number of methoxy groups -OCH3 is 1. The van der Waals surface area contributed by atoms with E-state index >= 15 is 0 Å². The topological polar surface area (TPSA) is 75.7 Å². The van der Waals surface area contributed by atoms with Gasteiger partial charge >= 0.3 is 0 Å². The molecule has 0 aliphatic carbocycles. The fourth-order valence-electron chi connectivity index (χ4n) is 2.94. The molecule has 0 saturated heterocycles. The van der Waals surface area contributed by atoms with Crippen molar-refractivity contribution in [3.05, 3.63) is 88.9 Å². The first-order valence-electron chi connectivity index (χ1n) is 9.53. The van der Waals surface area contributed by atoms with Crippen molar-refractivity contribution in [2.75, 3.05) is 19.0 Å². The summed E-state index contributed by atoms with van der Waals surface area (Å²) in [5, 5.41) is 3.16. The highest BCUT2D eigenvalue weighted by atomic mass is 35.5. The van der Waals surface area contributed by atoms with E-state index in [9.17, 15) is 13.2 Å². The lowest BCUT2D eigenvalue weighted by Gasteiger charge is -2.22. The highest BCUT2D eigenvalue weighted by molar-refractivity contribution is 7.89. The number of benzene rings is 3. The fourth-order valence-corrected chi connectivity index (χ4v) is 4.45. The van der Waals surface area contributed by atoms with E-state index < -0.39 is 15.9 Å². The van der Waals surface area contributed by atoms with E-state index in [0.29, 0.717) is 16.5 Å². The summed E-state index contributed by atoms with van der Waals surface area (Å²) in [5.41, 5.74) is 2.35. The Kier molecular flexibility index (Phi) is 7.33. The predicted octanol–water partition coefficient (Wildman–Crippen LogP) is 4.49. The molecule has 0 aliphatic heterocycles. The van der Waals surface area contributed by atoms with Gasteiger partial charge in [0.25, 0.3) is 0 Å². The lowest BCUT2D eigenvalue weighted by Crippen LogP contribution is -2.37. The zero-order chi connectivity index (χ0) is 22.4. The standard InChI is InChI=1S/C23H23ClN2O4S/c1-17-6-8-18(9-7-17)15-26(31(28,29)22-12-10-19(24)11-13-22)16-23(27)25-20-4-3-5-21(14-20)30-2/h3-14H,15-16H2,1-2H3,(H,25,27). The number of aryl methyl sites for hydroxylation is 1. The molecule has 0 spiro atoms. The number of anilines is 1. The molecule has 1 amide bonds. The molecule has 3 aromatic carbocycles. The minimum atomic E-state index is -3.94. The smallest absolute Gasteiger partial charge is 0.243 e. The molecule has 1 N–H and O–H groups in total. The van der Waals surface area contributed by atoms with E-state index in [0.717, 1.165) is 15.4 Å². The SMILES string of the molecule is COc1cccc(NC(=O)CN(Cc2ccc(C)cc2)S(=O)(=O)c2ccc(Cl)cc2)c1. The first-order valence-corrected chi connectivity index (χ1v) is 11.3. The highest BCUT2D eigenvalue weighted by Gasteiger charge is 2.27. The number of carbonyl (C=O) groups excluding carboxylic acids is 1. The quantitative estimate of drug-likeness (QED) is 0.539. The average molecular weight is 459 g/mol. The summed E-state index contributed by atoms with van der Waals surface area (Å²) in [6.07, 6.45) is 0. The molecular weight excluding hydrogens is 436 g/mol. The third-order valence-corrected chi connectivity index (χ3v) is 6.66. The third kappa shape index (κ3) is 6.07. The van der Waals surface area contributed by atoms with Crippen LogP contribution in [-0.2, 0) is 21.4 Å². The Hall–Kier alpha value is -2.87. The van der Waals surface area contributed by atoms with E-state index in [1.165, 1.54) is 31.4 Å². The largest absolute Gasteiger partial charge is 0.497 e. The van der Waals surface area contributed by atoms with Crippen LogP contribution < -0.4 is 10.1 Å². The van der Waals surface area contributed by atoms with Crippen molar-refractivity contribution in [3.63, 3.8) is 0 Å². The molecule has 6 nitrogen and oxygen atoms in total. The number of nitrogens with one attached hydrogen (secondary N) is 1. The van der Waals surface area contributed by atoms with Gasteiger partial charge in [-0.25, -0.2) is 8.42 Å². The Bertz CT molecular complexity index is 1150. The lowest BCUT2D eigenvalue weighted by molar-refractivity contribution is -0.116. The van der Waals surface area contributed by atoms with Gasteiger partial charge in [0.05, 0.1) is 18.6 Å². The van der Waals surface area contributed by atoms with Crippen LogP contribution in [0.2, 0.25) is 5.02 Å². The van der Waals surface area contributed by atoms with Crippen molar-refractivity contribution in [1.29, 1.82) is 0 Å². The molecule has 31 heavy (non-hydrogen) atoms. The van der Waals surface area contributed by atoms with Gasteiger partial charge in [-0.2, -0.15) is 4.31 Å². The molecule has 0 fully saturated rings. The van der Waals surface area contributed by atoms with Crippen molar-refractivity contribution in [3.8, 4) is 5.75 Å². The van der Waals surface area contributed by atoms with Crippen LogP contribution in [0.4, 0.5) is 5.69 Å². The summed E-state index contributed by atoms with van der Waals surface area (Å²) in [4.78, 5) is 12.8. The second-order valence-corrected chi connectivity index (χ2v) is 9.37. The number of amides is 1. The minimum Gasteiger partial charge on any atom is -0.497 e. The Morgan fingerprint density at radius 3 is 2.35 bits per heavy atom.